The normalized spacial score (nSPS) is 17.4. The Labute approximate surface area is 190 Å². The van der Waals surface area contributed by atoms with Crippen molar-refractivity contribution in [2.45, 2.75) is 44.7 Å². The summed E-state index contributed by atoms with van der Waals surface area (Å²) in [6, 6.07) is 6.39. The Morgan fingerprint density at radius 3 is 2.78 bits per heavy atom. The molecular formula is C24H35N5O3. The first kappa shape index (κ1) is 22.8. The number of ether oxygens (including phenoxy) is 3. The van der Waals surface area contributed by atoms with Crippen LogP contribution in [0.2, 0.25) is 0 Å². The van der Waals surface area contributed by atoms with Crippen LogP contribution < -0.4 is 20.1 Å². The third kappa shape index (κ3) is 6.79. The monoisotopic (exact) mass is 441 g/mol. The molecule has 2 aliphatic heterocycles. The molecule has 0 radical (unpaired) electrons. The summed E-state index contributed by atoms with van der Waals surface area (Å²) in [5.41, 5.74) is 1.94. The highest BCUT2D eigenvalue weighted by Gasteiger charge is 2.14. The van der Waals surface area contributed by atoms with Gasteiger partial charge in [-0.2, -0.15) is 0 Å². The maximum absolute atomic E-state index is 6.03. The van der Waals surface area contributed by atoms with Gasteiger partial charge < -0.3 is 29.7 Å². The van der Waals surface area contributed by atoms with Crippen LogP contribution in [0.5, 0.6) is 11.5 Å². The van der Waals surface area contributed by atoms with E-state index in [-0.39, 0.29) is 0 Å². The van der Waals surface area contributed by atoms with Crippen LogP contribution in [-0.2, 0) is 11.3 Å². The predicted molar refractivity (Wildman–Crippen MR) is 125 cm³/mol. The van der Waals surface area contributed by atoms with Gasteiger partial charge in [0.2, 0.25) is 0 Å². The summed E-state index contributed by atoms with van der Waals surface area (Å²) in [7, 11) is 1.64. The van der Waals surface area contributed by atoms with Gasteiger partial charge in [-0.1, -0.05) is 0 Å². The summed E-state index contributed by atoms with van der Waals surface area (Å²) in [4.78, 5) is 11.5. The Hall–Kier alpha value is -2.42. The highest BCUT2D eigenvalue weighted by molar-refractivity contribution is 5.59. The van der Waals surface area contributed by atoms with Gasteiger partial charge in [0, 0.05) is 50.3 Å². The van der Waals surface area contributed by atoms with Gasteiger partial charge in [-0.3, -0.25) is 4.98 Å². The number of rotatable bonds is 11. The van der Waals surface area contributed by atoms with E-state index in [1.165, 1.54) is 25.9 Å². The van der Waals surface area contributed by atoms with Gasteiger partial charge in [0.25, 0.3) is 0 Å². The average Bonchev–Trinajstić information content (AvgIpc) is 3.35. The van der Waals surface area contributed by atoms with E-state index >= 15 is 0 Å². The third-order valence-electron chi connectivity index (χ3n) is 6.01. The van der Waals surface area contributed by atoms with Gasteiger partial charge in [0.05, 0.1) is 25.6 Å². The maximum atomic E-state index is 6.03. The lowest BCUT2D eigenvalue weighted by atomic mass is 10.1. The Morgan fingerprint density at radius 1 is 1.12 bits per heavy atom. The number of nitrogens with one attached hydrogen (secondary N) is 2. The molecule has 174 valence electrons. The largest absolute Gasteiger partial charge is 0.491 e. The van der Waals surface area contributed by atoms with E-state index in [0.717, 1.165) is 62.8 Å². The van der Waals surface area contributed by atoms with Crippen molar-refractivity contribution < 1.29 is 14.2 Å². The molecular weight excluding hydrogens is 406 g/mol. The highest BCUT2D eigenvalue weighted by Crippen LogP contribution is 2.29. The molecule has 0 spiro atoms. The van der Waals surface area contributed by atoms with E-state index in [1.807, 2.05) is 18.3 Å². The van der Waals surface area contributed by atoms with Crippen LogP contribution >= 0.6 is 0 Å². The first-order valence-electron chi connectivity index (χ1n) is 11.7. The zero-order valence-electron chi connectivity index (χ0n) is 19.0. The lowest BCUT2D eigenvalue weighted by molar-refractivity contribution is 0.0775. The lowest BCUT2D eigenvalue weighted by Crippen LogP contribution is -2.34. The second-order valence-corrected chi connectivity index (χ2v) is 8.40. The predicted octanol–water partition coefficient (Wildman–Crippen LogP) is 3.36. The van der Waals surface area contributed by atoms with E-state index in [2.05, 4.69) is 31.6 Å². The minimum atomic E-state index is 0.496. The van der Waals surface area contributed by atoms with Crippen LogP contribution in [0.25, 0.3) is 0 Å². The van der Waals surface area contributed by atoms with E-state index in [0.29, 0.717) is 24.1 Å². The fourth-order valence-electron chi connectivity index (χ4n) is 4.19. The van der Waals surface area contributed by atoms with Crippen molar-refractivity contribution >= 4 is 11.5 Å². The minimum Gasteiger partial charge on any atom is -0.491 e. The second-order valence-electron chi connectivity index (χ2n) is 8.40. The second kappa shape index (κ2) is 12.0. The van der Waals surface area contributed by atoms with Gasteiger partial charge >= 0.3 is 0 Å². The SMILES string of the molecule is COc1cnc(Nc2ccnc(CNC3CCOCC3)c2)cc1OCCCN1CCCC1. The topological polar surface area (TPSA) is 80.8 Å². The molecule has 0 unspecified atom stereocenters. The fourth-order valence-corrected chi connectivity index (χ4v) is 4.19. The number of likely N-dealkylation sites (tertiary alicyclic amines) is 1. The molecule has 8 heteroatoms. The number of nitrogens with zero attached hydrogens (tertiary/aromatic N) is 3. The fraction of sp³-hybridized carbons (Fsp3) is 0.583. The minimum absolute atomic E-state index is 0.496. The molecule has 8 nitrogen and oxygen atoms in total. The zero-order chi connectivity index (χ0) is 22.0. The first-order chi connectivity index (χ1) is 15.8. The van der Waals surface area contributed by atoms with Crippen molar-refractivity contribution in [2.24, 2.45) is 0 Å². The Morgan fingerprint density at radius 2 is 1.97 bits per heavy atom. The van der Waals surface area contributed by atoms with Gasteiger partial charge in [-0.05, 0) is 57.3 Å². The summed E-state index contributed by atoms with van der Waals surface area (Å²) in [5.74, 6) is 2.07. The molecule has 0 bridgehead atoms. The van der Waals surface area contributed by atoms with E-state index in [1.54, 1.807) is 13.3 Å². The van der Waals surface area contributed by atoms with Crippen LogP contribution in [-0.4, -0.2) is 67.5 Å². The quantitative estimate of drug-likeness (QED) is 0.514. The molecule has 2 aromatic heterocycles. The standard InChI is InChI=1S/C24H35N5O3/c1-30-23-18-27-24(16-22(23)32-12-4-11-29-9-2-3-10-29)28-20-5-8-25-21(15-20)17-26-19-6-13-31-14-7-19/h5,8,15-16,18-19,26H,2-4,6-7,9-14,17H2,1H3,(H,25,27,28). The van der Waals surface area contributed by atoms with Crippen molar-refractivity contribution in [1.29, 1.82) is 0 Å². The summed E-state index contributed by atoms with van der Waals surface area (Å²) < 4.78 is 16.9. The van der Waals surface area contributed by atoms with Crippen molar-refractivity contribution in [3.8, 4) is 11.5 Å². The number of aromatic nitrogens is 2. The van der Waals surface area contributed by atoms with Crippen LogP contribution in [0.3, 0.4) is 0 Å². The number of anilines is 2. The lowest BCUT2D eigenvalue weighted by Gasteiger charge is -2.23. The van der Waals surface area contributed by atoms with Gasteiger partial charge in [-0.25, -0.2) is 4.98 Å². The molecule has 2 N–H and O–H groups in total. The molecule has 4 rings (SSSR count). The molecule has 0 aliphatic carbocycles. The molecule has 32 heavy (non-hydrogen) atoms. The summed E-state index contributed by atoms with van der Waals surface area (Å²) in [6.45, 7) is 6.57. The van der Waals surface area contributed by atoms with E-state index < -0.39 is 0 Å². The van der Waals surface area contributed by atoms with Crippen molar-refractivity contribution in [1.82, 2.24) is 20.2 Å². The van der Waals surface area contributed by atoms with Crippen molar-refractivity contribution in [3.05, 3.63) is 36.3 Å². The Balaban J connectivity index is 1.31. The molecule has 2 aliphatic rings. The maximum Gasteiger partial charge on any atom is 0.179 e. The highest BCUT2D eigenvalue weighted by atomic mass is 16.5. The number of hydrogen-bond acceptors (Lipinski definition) is 8. The van der Waals surface area contributed by atoms with Crippen LogP contribution in [0.4, 0.5) is 11.5 Å². The Kier molecular flexibility index (Phi) is 8.53. The number of hydrogen-bond donors (Lipinski definition) is 2. The number of methoxy groups -OCH3 is 1. The Bertz CT molecular complexity index is 838. The average molecular weight is 442 g/mol. The molecule has 0 atom stereocenters. The van der Waals surface area contributed by atoms with Gasteiger partial charge in [0.1, 0.15) is 5.82 Å². The molecule has 2 aromatic rings. The van der Waals surface area contributed by atoms with Crippen LogP contribution in [0.1, 0.15) is 37.8 Å². The molecule has 0 amide bonds. The van der Waals surface area contributed by atoms with Crippen molar-refractivity contribution in [2.75, 3.05) is 51.9 Å². The van der Waals surface area contributed by atoms with Gasteiger partial charge in [0.15, 0.2) is 11.5 Å². The molecule has 2 fully saturated rings. The zero-order valence-corrected chi connectivity index (χ0v) is 19.0. The summed E-state index contributed by atoms with van der Waals surface area (Å²) >= 11 is 0. The van der Waals surface area contributed by atoms with Crippen LogP contribution in [0.15, 0.2) is 30.6 Å². The van der Waals surface area contributed by atoms with Crippen molar-refractivity contribution in [3.63, 3.8) is 0 Å². The summed E-state index contributed by atoms with van der Waals surface area (Å²) in [5, 5.41) is 6.94. The third-order valence-corrected chi connectivity index (χ3v) is 6.01. The van der Waals surface area contributed by atoms with E-state index in [4.69, 9.17) is 14.2 Å². The van der Waals surface area contributed by atoms with E-state index in [9.17, 15) is 0 Å². The molecule has 2 saturated heterocycles. The first-order valence-corrected chi connectivity index (χ1v) is 11.7. The molecule has 4 heterocycles. The van der Waals surface area contributed by atoms with Crippen LogP contribution in [0, 0.1) is 0 Å². The van der Waals surface area contributed by atoms with Gasteiger partial charge in [-0.15, -0.1) is 0 Å². The number of pyridine rings is 2. The molecule has 0 aromatic carbocycles. The smallest absolute Gasteiger partial charge is 0.179 e. The summed E-state index contributed by atoms with van der Waals surface area (Å²) in [6.07, 6.45) is 9.26. The molecule has 0 saturated carbocycles.